The molecule has 1 aromatic carbocycles. The van der Waals surface area contributed by atoms with Gasteiger partial charge in [-0.05, 0) is 23.6 Å². The third-order valence-corrected chi connectivity index (χ3v) is 3.56. The van der Waals surface area contributed by atoms with Crippen LogP contribution >= 0.6 is 11.3 Å². The Balaban J connectivity index is 1.53. The maximum atomic E-state index is 11.7. The van der Waals surface area contributed by atoms with Crippen molar-refractivity contribution in [3.05, 3.63) is 40.6 Å². The average molecular weight is 305 g/mol. The molecule has 6 nitrogen and oxygen atoms in total. The quantitative estimate of drug-likeness (QED) is 0.877. The molecule has 108 valence electrons. The highest BCUT2D eigenvalue weighted by Crippen LogP contribution is 2.34. The summed E-state index contributed by atoms with van der Waals surface area (Å²) in [6.07, 6.45) is 0. The second kappa shape index (κ2) is 5.84. The Bertz CT molecular complexity index is 668. The van der Waals surface area contributed by atoms with Gasteiger partial charge < -0.3 is 19.5 Å². The molecule has 1 aliphatic heterocycles. The number of carbonyl (C=O) groups is 2. The molecule has 0 radical (unpaired) electrons. The van der Waals surface area contributed by atoms with Crippen molar-refractivity contribution < 1.29 is 23.8 Å². The zero-order valence-corrected chi connectivity index (χ0v) is 11.6. The summed E-state index contributed by atoms with van der Waals surface area (Å²) < 4.78 is 15.3. The minimum absolute atomic E-state index is 0.172. The summed E-state index contributed by atoms with van der Waals surface area (Å²) in [5.41, 5.74) is 0.552. The van der Waals surface area contributed by atoms with Gasteiger partial charge in [0.1, 0.15) is 4.88 Å². The Morgan fingerprint density at radius 3 is 2.90 bits per heavy atom. The number of fused-ring (bicyclic) bond motifs is 1. The number of rotatable bonds is 4. The molecule has 0 aliphatic carbocycles. The summed E-state index contributed by atoms with van der Waals surface area (Å²) in [7, 11) is 0. The van der Waals surface area contributed by atoms with Crippen LogP contribution in [0, 0.1) is 0 Å². The lowest BCUT2D eigenvalue weighted by atomic mass is 10.3. The fraction of sp³-hybridized carbons (Fsp3) is 0.143. The van der Waals surface area contributed by atoms with E-state index in [2.05, 4.69) is 5.32 Å². The van der Waals surface area contributed by atoms with E-state index < -0.39 is 11.9 Å². The number of hydrogen-bond donors (Lipinski definition) is 1. The highest BCUT2D eigenvalue weighted by atomic mass is 32.1. The minimum Gasteiger partial charge on any atom is -0.454 e. The standard InChI is InChI=1S/C14H11NO5S/c16-13(7-18-14(17)12-2-1-5-21-12)15-9-3-4-10-11(6-9)20-8-19-10/h1-6H,7-8H2,(H,15,16). The van der Waals surface area contributed by atoms with Crippen molar-refractivity contribution in [3.8, 4) is 11.5 Å². The zero-order valence-electron chi connectivity index (χ0n) is 10.8. The maximum Gasteiger partial charge on any atom is 0.348 e. The van der Waals surface area contributed by atoms with E-state index in [1.165, 1.54) is 11.3 Å². The fourth-order valence-corrected chi connectivity index (χ4v) is 2.38. The van der Waals surface area contributed by atoms with Gasteiger partial charge in [0.15, 0.2) is 18.1 Å². The van der Waals surface area contributed by atoms with Crippen molar-refractivity contribution >= 4 is 28.9 Å². The lowest BCUT2D eigenvalue weighted by Crippen LogP contribution is -2.20. The Morgan fingerprint density at radius 2 is 2.10 bits per heavy atom. The molecule has 0 unspecified atom stereocenters. The largest absolute Gasteiger partial charge is 0.454 e. The smallest absolute Gasteiger partial charge is 0.348 e. The molecule has 0 atom stereocenters. The van der Waals surface area contributed by atoms with Crippen LogP contribution in [0.3, 0.4) is 0 Å². The topological polar surface area (TPSA) is 73.9 Å². The number of ether oxygens (including phenoxy) is 3. The van der Waals surface area contributed by atoms with Crippen molar-refractivity contribution in [2.24, 2.45) is 0 Å². The Hall–Kier alpha value is -2.54. The molecule has 0 saturated carbocycles. The molecule has 1 aliphatic rings. The monoisotopic (exact) mass is 305 g/mol. The molecular formula is C14H11NO5S. The average Bonchev–Trinajstić information content (AvgIpc) is 3.15. The molecule has 0 spiro atoms. The van der Waals surface area contributed by atoms with Gasteiger partial charge >= 0.3 is 5.97 Å². The molecule has 0 bridgehead atoms. The maximum absolute atomic E-state index is 11.7. The van der Waals surface area contributed by atoms with Crippen molar-refractivity contribution in [3.63, 3.8) is 0 Å². The Morgan fingerprint density at radius 1 is 1.24 bits per heavy atom. The van der Waals surface area contributed by atoms with Gasteiger partial charge in [-0.3, -0.25) is 4.79 Å². The van der Waals surface area contributed by atoms with Crippen LogP contribution in [0.4, 0.5) is 5.69 Å². The summed E-state index contributed by atoms with van der Waals surface area (Å²) >= 11 is 1.26. The van der Waals surface area contributed by atoms with E-state index in [-0.39, 0.29) is 13.4 Å². The second-order valence-electron chi connectivity index (χ2n) is 4.17. The highest BCUT2D eigenvalue weighted by molar-refractivity contribution is 7.11. The normalized spacial score (nSPS) is 12.0. The molecule has 0 fully saturated rings. The number of nitrogens with one attached hydrogen (secondary N) is 1. The molecule has 0 saturated heterocycles. The van der Waals surface area contributed by atoms with Gasteiger partial charge in [-0.25, -0.2) is 4.79 Å². The van der Waals surface area contributed by atoms with Crippen molar-refractivity contribution in [1.82, 2.24) is 0 Å². The number of anilines is 1. The van der Waals surface area contributed by atoms with E-state index in [0.29, 0.717) is 22.1 Å². The fourth-order valence-electron chi connectivity index (χ4n) is 1.77. The van der Waals surface area contributed by atoms with Gasteiger partial charge in [-0.15, -0.1) is 11.3 Å². The Labute approximate surface area is 124 Å². The van der Waals surface area contributed by atoms with Crippen LogP contribution in [-0.4, -0.2) is 25.3 Å². The summed E-state index contributed by atoms with van der Waals surface area (Å²) in [6.45, 7) is -0.170. The third-order valence-electron chi connectivity index (χ3n) is 2.71. The van der Waals surface area contributed by atoms with Crippen molar-refractivity contribution in [2.75, 3.05) is 18.7 Å². The molecule has 1 aromatic heterocycles. The Kier molecular flexibility index (Phi) is 3.74. The predicted molar refractivity (Wildman–Crippen MR) is 75.8 cm³/mol. The second-order valence-corrected chi connectivity index (χ2v) is 5.12. The van der Waals surface area contributed by atoms with E-state index in [1.807, 2.05) is 0 Å². The van der Waals surface area contributed by atoms with E-state index in [0.717, 1.165) is 0 Å². The lowest BCUT2D eigenvalue weighted by molar-refractivity contribution is -0.119. The highest BCUT2D eigenvalue weighted by Gasteiger charge is 2.15. The van der Waals surface area contributed by atoms with Crippen molar-refractivity contribution in [1.29, 1.82) is 0 Å². The first kappa shape index (κ1) is 13.4. The third kappa shape index (κ3) is 3.14. The first-order valence-electron chi connectivity index (χ1n) is 6.12. The predicted octanol–water partition coefficient (Wildman–Crippen LogP) is 2.27. The van der Waals surface area contributed by atoms with Gasteiger partial charge in [0, 0.05) is 11.8 Å². The van der Waals surface area contributed by atoms with Crippen LogP contribution in [0.25, 0.3) is 0 Å². The van der Waals surface area contributed by atoms with Crippen LogP contribution in [0.2, 0.25) is 0 Å². The first-order chi connectivity index (χ1) is 10.2. The van der Waals surface area contributed by atoms with Gasteiger partial charge in [-0.2, -0.15) is 0 Å². The summed E-state index contributed by atoms with van der Waals surface area (Å²) in [5, 5.41) is 4.39. The van der Waals surface area contributed by atoms with E-state index in [1.54, 1.807) is 35.7 Å². The molecule has 2 aromatic rings. The van der Waals surface area contributed by atoms with Crippen LogP contribution < -0.4 is 14.8 Å². The summed E-state index contributed by atoms with van der Waals surface area (Å²) in [5.74, 6) is 0.283. The van der Waals surface area contributed by atoms with E-state index >= 15 is 0 Å². The van der Waals surface area contributed by atoms with Crippen LogP contribution in [0.15, 0.2) is 35.7 Å². The van der Waals surface area contributed by atoms with Gasteiger partial charge in [0.2, 0.25) is 6.79 Å². The van der Waals surface area contributed by atoms with Crippen LogP contribution in [0.1, 0.15) is 9.67 Å². The summed E-state index contributed by atoms with van der Waals surface area (Å²) in [4.78, 5) is 23.8. The van der Waals surface area contributed by atoms with Gasteiger partial charge in [-0.1, -0.05) is 6.07 Å². The van der Waals surface area contributed by atoms with Gasteiger partial charge in [0.05, 0.1) is 0 Å². The number of esters is 1. The van der Waals surface area contributed by atoms with Crippen molar-refractivity contribution in [2.45, 2.75) is 0 Å². The zero-order chi connectivity index (χ0) is 14.7. The number of carbonyl (C=O) groups excluding carboxylic acids is 2. The number of benzene rings is 1. The van der Waals surface area contributed by atoms with Crippen LogP contribution in [0.5, 0.6) is 11.5 Å². The summed E-state index contributed by atoms with van der Waals surface area (Å²) in [6, 6.07) is 8.43. The molecule has 21 heavy (non-hydrogen) atoms. The molecule has 1 amide bonds. The molecule has 1 N–H and O–H groups in total. The molecular weight excluding hydrogens is 294 g/mol. The number of hydrogen-bond acceptors (Lipinski definition) is 6. The van der Waals surface area contributed by atoms with E-state index in [9.17, 15) is 9.59 Å². The molecule has 7 heteroatoms. The number of amides is 1. The lowest BCUT2D eigenvalue weighted by Gasteiger charge is -2.06. The molecule has 3 rings (SSSR count). The van der Waals surface area contributed by atoms with Gasteiger partial charge in [0.25, 0.3) is 5.91 Å². The molecule has 2 heterocycles. The van der Waals surface area contributed by atoms with E-state index in [4.69, 9.17) is 14.2 Å². The first-order valence-corrected chi connectivity index (χ1v) is 7.00. The SMILES string of the molecule is O=C(COC(=O)c1cccs1)Nc1ccc2c(c1)OCO2. The number of thiophene rings is 1. The minimum atomic E-state index is -0.508. The van der Waals surface area contributed by atoms with Crippen LogP contribution in [-0.2, 0) is 9.53 Å².